The van der Waals surface area contributed by atoms with Gasteiger partial charge in [-0.25, -0.2) is 5.43 Å². The lowest BCUT2D eigenvalue weighted by Crippen LogP contribution is -2.41. The second kappa shape index (κ2) is 10.9. The maximum absolute atomic E-state index is 12.4. The highest BCUT2D eigenvalue weighted by molar-refractivity contribution is 5.94. The van der Waals surface area contributed by atoms with Gasteiger partial charge in [0.15, 0.2) is 0 Å². The number of nitrogens with zero attached hydrogens (tertiary/aromatic N) is 3. The van der Waals surface area contributed by atoms with Crippen molar-refractivity contribution in [2.24, 2.45) is 5.10 Å². The highest BCUT2D eigenvalue weighted by Gasteiger charge is 2.47. The number of para-hydroxylation sites is 1. The van der Waals surface area contributed by atoms with E-state index < -0.39 is 0 Å². The molecule has 0 spiro atoms. The minimum atomic E-state index is -0.333. The minimum absolute atomic E-state index is 0.227. The van der Waals surface area contributed by atoms with Crippen molar-refractivity contribution in [2.75, 3.05) is 44.8 Å². The zero-order valence-electron chi connectivity index (χ0n) is 20.6. The molecule has 2 heterocycles. The summed E-state index contributed by atoms with van der Waals surface area (Å²) in [7, 11) is 2.11. The zero-order chi connectivity index (χ0) is 24.8. The van der Waals surface area contributed by atoms with Crippen LogP contribution in [0.5, 0.6) is 0 Å². The number of amides is 1. The van der Waals surface area contributed by atoms with Crippen molar-refractivity contribution in [2.45, 2.75) is 11.8 Å². The van der Waals surface area contributed by atoms with E-state index in [0.717, 1.165) is 45.0 Å². The summed E-state index contributed by atoms with van der Waals surface area (Å²) in [4.78, 5) is 17.2. The Hall–Kier alpha value is -3.74. The third kappa shape index (κ3) is 4.70. The van der Waals surface area contributed by atoms with Crippen LogP contribution < -0.4 is 10.3 Å². The SMILES string of the molecule is CN1/C(=C\C=N\NC(=O)c2ccccc2)C(CCN2CCOCC2)(c2ccccc2)c2ccccc21. The van der Waals surface area contributed by atoms with E-state index >= 15 is 0 Å². The van der Waals surface area contributed by atoms with E-state index in [1.807, 2.05) is 24.3 Å². The van der Waals surface area contributed by atoms with Crippen molar-refractivity contribution >= 4 is 17.8 Å². The molecule has 0 aliphatic carbocycles. The quantitative estimate of drug-likeness (QED) is 0.401. The van der Waals surface area contributed by atoms with Crippen LogP contribution in [-0.4, -0.2) is 56.9 Å². The summed E-state index contributed by atoms with van der Waals surface area (Å²) in [5.41, 5.74) is 7.78. The second-order valence-electron chi connectivity index (χ2n) is 9.19. The van der Waals surface area contributed by atoms with Crippen molar-refractivity contribution in [3.63, 3.8) is 0 Å². The van der Waals surface area contributed by atoms with Gasteiger partial charge < -0.3 is 9.64 Å². The number of rotatable bonds is 7. The molecule has 0 saturated carbocycles. The van der Waals surface area contributed by atoms with Crippen LogP contribution in [0.25, 0.3) is 0 Å². The van der Waals surface area contributed by atoms with Gasteiger partial charge in [0.25, 0.3) is 5.91 Å². The Kier molecular flexibility index (Phi) is 7.26. The summed E-state index contributed by atoms with van der Waals surface area (Å²) in [6, 6.07) is 28.5. The number of nitrogens with one attached hydrogen (secondary N) is 1. The van der Waals surface area contributed by atoms with E-state index in [4.69, 9.17) is 4.74 Å². The number of carbonyl (C=O) groups excluding carboxylic acids is 1. The van der Waals surface area contributed by atoms with E-state index in [1.54, 1.807) is 18.3 Å². The molecule has 184 valence electrons. The Labute approximate surface area is 212 Å². The normalized spacial score (nSPS) is 21.1. The Morgan fingerprint density at radius 2 is 1.64 bits per heavy atom. The van der Waals surface area contributed by atoms with Gasteiger partial charge in [0.05, 0.1) is 18.6 Å². The first-order valence-corrected chi connectivity index (χ1v) is 12.5. The van der Waals surface area contributed by atoms with Crippen LogP contribution >= 0.6 is 0 Å². The monoisotopic (exact) mass is 480 g/mol. The van der Waals surface area contributed by atoms with Gasteiger partial charge in [-0.05, 0) is 48.4 Å². The lowest BCUT2D eigenvalue weighted by atomic mass is 9.71. The topological polar surface area (TPSA) is 57.2 Å². The molecular formula is C30H32N4O2. The number of hydrazone groups is 1. The predicted molar refractivity (Wildman–Crippen MR) is 144 cm³/mol. The number of allylic oxidation sites excluding steroid dienone is 2. The maximum atomic E-state index is 12.4. The van der Waals surface area contributed by atoms with Crippen molar-refractivity contribution < 1.29 is 9.53 Å². The van der Waals surface area contributed by atoms with Crippen molar-refractivity contribution in [1.82, 2.24) is 10.3 Å². The molecule has 1 atom stereocenters. The maximum Gasteiger partial charge on any atom is 0.271 e. The number of anilines is 1. The first kappa shape index (κ1) is 24.0. The summed E-state index contributed by atoms with van der Waals surface area (Å²) < 4.78 is 5.58. The lowest BCUT2D eigenvalue weighted by molar-refractivity contribution is 0.0358. The molecule has 1 unspecified atom stereocenters. The van der Waals surface area contributed by atoms with Crippen LogP contribution in [0.3, 0.4) is 0 Å². The van der Waals surface area contributed by atoms with Gasteiger partial charge in [0.1, 0.15) is 0 Å². The number of fused-ring (bicyclic) bond motifs is 1. The summed E-state index contributed by atoms with van der Waals surface area (Å²) in [6.45, 7) is 4.43. The summed E-state index contributed by atoms with van der Waals surface area (Å²) in [5, 5.41) is 4.26. The summed E-state index contributed by atoms with van der Waals surface area (Å²) >= 11 is 0. The van der Waals surface area contributed by atoms with E-state index in [1.165, 1.54) is 16.8 Å². The highest BCUT2D eigenvalue weighted by atomic mass is 16.5. The van der Waals surface area contributed by atoms with Crippen LogP contribution in [0.4, 0.5) is 5.69 Å². The molecule has 5 rings (SSSR count). The molecule has 2 aliphatic rings. The average molecular weight is 481 g/mol. The van der Waals surface area contributed by atoms with E-state index in [0.29, 0.717) is 5.56 Å². The van der Waals surface area contributed by atoms with E-state index in [9.17, 15) is 4.79 Å². The molecule has 36 heavy (non-hydrogen) atoms. The summed E-state index contributed by atoms with van der Waals surface area (Å²) in [5.74, 6) is -0.227. The molecule has 1 saturated heterocycles. The fraction of sp³-hybridized carbons (Fsp3) is 0.267. The van der Waals surface area contributed by atoms with Gasteiger partial charge >= 0.3 is 0 Å². The second-order valence-corrected chi connectivity index (χ2v) is 9.19. The average Bonchev–Trinajstić information content (AvgIpc) is 3.19. The van der Waals surface area contributed by atoms with Gasteiger partial charge in [0.2, 0.25) is 0 Å². The van der Waals surface area contributed by atoms with Crippen LogP contribution in [0, 0.1) is 0 Å². The third-order valence-electron chi connectivity index (χ3n) is 7.21. The number of carbonyl (C=O) groups is 1. The smallest absolute Gasteiger partial charge is 0.271 e. The molecule has 1 amide bonds. The Balaban J connectivity index is 1.50. The third-order valence-corrected chi connectivity index (χ3v) is 7.21. The van der Waals surface area contributed by atoms with E-state index in [2.05, 4.69) is 82.0 Å². The fourth-order valence-electron chi connectivity index (χ4n) is 5.38. The molecule has 6 nitrogen and oxygen atoms in total. The summed E-state index contributed by atoms with van der Waals surface area (Å²) in [6.07, 6.45) is 4.66. The molecule has 1 N–H and O–H groups in total. The highest BCUT2D eigenvalue weighted by Crippen LogP contribution is 2.53. The molecule has 1 fully saturated rings. The number of morpholine rings is 1. The van der Waals surface area contributed by atoms with Crippen LogP contribution in [-0.2, 0) is 10.2 Å². The fourth-order valence-corrected chi connectivity index (χ4v) is 5.38. The van der Waals surface area contributed by atoms with Crippen LogP contribution in [0.2, 0.25) is 0 Å². The Bertz CT molecular complexity index is 1240. The van der Waals surface area contributed by atoms with Crippen LogP contribution in [0.15, 0.2) is 102 Å². The number of hydrogen-bond acceptors (Lipinski definition) is 5. The molecule has 0 aromatic heterocycles. The molecule has 3 aromatic rings. The molecule has 0 radical (unpaired) electrons. The standard InChI is InChI=1S/C30H32N4O2/c1-33-27-15-9-8-14-26(27)30(25-12-6-3-7-13-25,17-19-34-20-22-36-23-21-34)28(33)16-18-31-32-29(35)24-10-4-2-5-11-24/h2-16,18H,17,19-23H2,1H3,(H,32,35)/b28-16-,31-18+. The van der Waals surface area contributed by atoms with Gasteiger partial charge in [-0.15, -0.1) is 0 Å². The predicted octanol–water partition coefficient (Wildman–Crippen LogP) is 4.44. The van der Waals surface area contributed by atoms with Crippen molar-refractivity contribution in [3.8, 4) is 0 Å². The molecule has 3 aromatic carbocycles. The van der Waals surface area contributed by atoms with Gasteiger partial charge in [-0.3, -0.25) is 9.69 Å². The van der Waals surface area contributed by atoms with E-state index in [-0.39, 0.29) is 11.3 Å². The Morgan fingerprint density at radius 1 is 0.972 bits per heavy atom. The van der Waals surface area contributed by atoms with Gasteiger partial charge in [-0.2, -0.15) is 5.10 Å². The molecular weight excluding hydrogens is 448 g/mol. The first-order valence-electron chi connectivity index (χ1n) is 12.5. The first-order chi connectivity index (χ1) is 17.7. The van der Waals surface area contributed by atoms with Crippen LogP contribution in [0.1, 0.15) is 27.9 Å². The minimum Gasteiger partial charge on any atom is -0.379 e. The number of benzene rings is 3. The van der Waals surface area contributed by atoms with Crippen molar-refractivity contribution in [3.05, 3.63) is 113 Å². The van der Waals surface area contributed by atoms with Gasteiger partial charge in [-0.1, -0.05) is 66.7 Å². The number of hydrogen-bond donors (Lipinski definition) is 1. The lowest BCUT2D eigenvalue weighted by Gasteiger charge is -2.36. The van der Waals surface area contributed by atoms with Crippen molar-refractivity contribution in [1.29, 1.82) is 0 Å². The molecule has 0 bridgehead atoms. The number of likely N-dealkylation sites (N-methyl/N-ethyl adjacent to an activating group) is 1. The largest absolute Gasteiger partial charge is 0.379 e. The molecule has 6 heteroatoms. The van der Waals surface area contributed by atoms with Gasteiger partial charge in [0, 0.05) is 43.3 Å². The Morgan fingerprint density at radius 3 is 2.39 bits per heavy atom. The number of ether oxygens (including phenoxy) is 1. The zero-order valence-corrected chi connectivity index (χ0v) is 20.6. The molecule has 2 aliphatic heterocycles.